The van der Waals surface area contributed by atoms with Crippen molar-refractivity contribution in [2.75, 3.05) is 47.9 Å². The fourth-order valence-electron chi connectivity index (χ4n) is 4.80. The van der Waals surface area contributed by atoms with Crippen LogP contribution in [0, 0.1) is 12.3 Å². The Bertz CT molecular complexity index is 1020. The third-order valence-electron chi connectivity index (χ3n) is 6.93. The van der Waals surface area contributed by atoms with Crippen LogP contribution < -0.4 is 15.1 Å². The van der Waals surface area contributed by atoms with Crippen LogP contribution >= 0.6 is 15.9 Å². The lowest BCUT2D eigenvalue weighted by atomic mass is 9.93. The molecule has 7 nitrogen and oxygen atoms in total. The van der Waals surface area contributed by atoms with E-state index in [4.69, 9.17) is 4.74 Å². The second kappa shape index (κ2) is 8.63. The number of ether oxygens (including phenoxy) is 1. The molecule has 0 radical (unpaired) electrons. The third-order valence-corrected chi connectivity index (χ3v) is 7.43. The lowest BCUT2D eigenvalue weighted by molar-refractivity contribution is 0.0526. The van der Waals surface area contributed by atoms with Gasteiger partial charge in [0, 0.05) is 42.4 Å². The number of carbonyl (C=O) groups is 1. The minimum atomic E-state index is -0.140. The zero-order valence-electron chi connectivity index (χ0n) is 18.7. The molecule has 1 unspecified atom stereocenters. The van der Waals surface area contributed by atoms with Gasteiger partial charge < -0.3 is 19.9 Å². The van der Waals surface area contributed by atoms with E-state index in [2.05, 4.69) is 47.1 Å². The number of morpholine rings is 1. The molecule has 2 saturated heterocycles. The van der Waals surface area contributed by atoms with Crippen molar-refractivity contribution in [3.05, 3.63) is 40.0 Å². The highest BCUT2D eigenvalue weighted by atomic mass is 79.9. The van der Waals surface area contributed by atoms with Crippen LogP contribution in [0.3, 0.4) is 0 Å². The van der Waals surface area contributed by atoms with Gasteiger partial charge in [-0.2, -0.15) is 4.98 Å². The molecule has 3 aliphatic rings. The van der Waals surface area contributed by atoms with E-state index in [-0.39, 0.29) is 12.0 Å². The smallest absolute Gasteiger partial charge is 0.258 e. The van der Waals surface area contributed by atoms with E-state index in [0.717, 1.165) is 42.0 Å². The Hall–Kier alpha value is -2.19. The van der Waals surface area contributed by atoms with Crippen molar-refractivity contribution in [1.29, 1.82) is 0 Å². The molecule has 1 N–H and O–H groups in total. The molecule has 1 aromatic heterocycles. The number of rotatable bonds is 4. The number of hydrogen-bond acceptors (Lipinski definition) is 6. The van der Waals surface area contributed by atoms with E-state index in [0.29, 0.717) is 29.4 Å². The van der Waals surface area contributed by atoms with Crippen molar-refractivity contribution >= 4 is 39.3 Å². The topological polar surface area (TPSA) is 70.6 Å². The molecule has 1 amide bonds. The molecule has 32 heavy (non-hydrogen) atoms. The highest BCUT2D eigenvalue weighted by molar-refractivity contribution is 9.10. The van der Waals surface area contributed by atoms with Gasteiger partial charge in [0.25, 0.3) is 5.91 Å². The predicted octanol–water partition coefficient (Wildman–Crippen LogP) is 4.41. The standard InChI is InChI=1S/C24H30BrN5O2/c1-16-13-21(28-23(26-16)30-11-12-32-17(2)15-30)27-22(31)19-4-3-18(25)14-20(19)29-9-7-24(5-6-24)8-10-29/h3-4,13-14,17H,5-12,15H2,1-2H3,(H,26,27,28,31). The van der Waals surface area contributed by atoms with Crippen molar-refractivity contribution in [2.24, 2.45) is 5.41 Å². The third kappa shape index (κ3) is 4.62. The van der Waals surface area contributed by atoms with Crippen molar-refractivity contribution in [3.63, 3.8) is 0 Å². The van der Waals surface area contributed by atoms with Gasteiger partial charge >= 0.3 is 0 Å². The van der Waals surface area contributed by atoms with E-state index in [1.807, 2.05) is 32.0 Å². The lowest BCUT2D eigenvalue weighted by Gasteiger charge is -2.35. The number of benzene rings is 1. The zero-order valence-corrected chi connectivity index (χ0v) is 20.3. The molecular weight excluding hydrogens is 470 g/mol. The molecule has 1 spiro atoms. The first kappa shape index (κ1) is 21.6. The van der Waals surface area contributed by atoms with Gasteiger partial charge in [-0.1, -0.05) is 15.9 Å². The quantitative estimate of drug-likeness (QED) is 0.671. The van der Waals surface area contributed by atoms with E-state index in [1.54, 1.807) is 0 Å². The number of aryl methyl sites for hydroxylation is 1. The molecule has 1 atom stereocenters. The van der Waals surface area contributed by atoms with Gasteiger partial charge in [-0.25, -0.2) is 4.98 Å². The first-order chi connectivity index (χ1) is 15.4. The molecule has 1 saturated carbocycles. The highest BCUT2D eigenvalue weighted by Gasteiger charge is 2.44. The first-order valence-corrected chi connectivity index (χ1v) is 12.3. The molecule has 1 aliphatic carbocycles. The van der Waals surface area contributed by atoms with Gasteiger partial charge in [0.05, 0.1) is 24.0 Å². The van der Waals surface area contributed by atoms with E-state index >= 15 is 0 Å². The minimum absolute atomic E-state index is 0.135. The summed E-state index contributed by atoms with van der Waals surface area (Å²) in [5.74, 6) is 1.02. The van der Waals surface area contributed by atoms with Crippen LogP contribution in [0.5, 0.6) is 0 Å². The fourth-order valence-corrected chi connectivity index (χ4v) is 5.15. The van der Waals surface area contributed by atoms with Gasteiger partial charge in [0.2, 0.25) is 5.95 Å². The van der Waals surface area contributed by atoms with Crippen LogP contribution in [0.1, 0.15) is 48.7 Å². The molecule has 0 bridgehead atoms. The molecule has 3 fully saturated rings. The molecule has 170 valence electrons. The molecule has 2 aromatic rings. The number of anilines is 3. The second-order valence-electron chi connectivity index (χ2n) is 9.42. The summed E-state index contributed by atoms with van der Waals surface area (Å²) in [7, 11) is 0. The molecule has 5 rings (SSSR count). The van der Waals surface area contributed by atoms with Gasteiger partial charge in [-0.3, -0.25) is 4.79 Å². The summed E-state index contributed by atoms with van der Waals surface area (Å²) in [4.78, 5) is 27.0. The summed E-state index contributed by atoms with van der Waals surface area (Å²) in [5.41, 5.74) is 3.08. The summed E-state index contributed by atoms with van der Waals surface area (Å²) in [6.45, 7) is 8.12. The number of piperidine rings is 1. The van der Waals surface area contributed by atoms with Gasteiger partial charge in [0.15, 0.2) is 0 Å². The fraction of sp³-hybridized carbons (Fsp3) is 0.542. The summed E-state index contributed by atoms with van der Waals surface area (Å²) < 4.78 is 6.62. The average Bonchev–Trinajstić information content (AvgIpc) is 3.52. The Labute approximate surface area is 197 Å². The average molecular weight is 500 g/mol. The van der Waals surface area contributed by atoms with Crippen molar-refractivity contribution in [3.8, 4) is 0 Å². The van der Waals surface area contributed by atoms with E-state index < -0.39 is 0 Å². The summed E-state index contributed by atoms with van der Waals surface area (Å²) in [6.07, 6.45) is 5.30. The Kier molecular flexibility index (Phi) is 5.84. The number of nitrogens with zero attached hydrogens (tertiary/aromatic N) is 4. The number of hydrogen-bond donors (Lipinski definition) is 1. The Morgan fingerprint density at radius 1 is 1.12 bits per heavy atom. The second-order valence-corrected chi connectivity index (χ2v) is 10.3. The zero-order chi connectivity index (χ0) is 22.3. The molecule has 3 heterocycles. The van der Waals surface area contributed by atoms with E-state index in [9.17, 15) is 4.79 Å². The first-order valence-electron chi connectivity index (χ1n) is 11.5. The predicted molar refractivity (Wildman–Crippen MR) is 130 cm³/mol. The maximum atomic E-state index is 13.3. The van der Waals surface area contributed by atoms with Gasteiger partial charge in [-0.15, -0.1) is 0 Å². The monoisotopic (exact) mass is 499 g/mol. The minimum Gasteiger partial charge on any atom is -0.375 e. The Balaban J connectivity index is 1.36. The summed E-state index contributed by atoms with van der Waals surface area (Å²) >= 11 is 3.59. The van der Waals surface area contributed by atoms with Crippen LogP contribution in [0.15, 0.2) is 28.7 Å². The summed E-state index contributed by atoms with van der Waals surface area (Å²) in [6, 6.07) is 7.71. The van der Waals surface area contributed by atoms with Crippen molar-refractivity contribution < 1.29 is 9.53 Å². The Morgan fingerprint density at radius 2 is 1.91 bits per heavy atom. The van der Waals surface area contributed by atoms with Crippen LogP contribution in [0.25, 0.3) is 0 Å². The normalized spacial score (nSPS) is 22.2. The molecule has 1 aromatic carbocycles. The molecular formula is C24H30BrN5O2. The molecule has 2 aliphatic heterocycles. The highest BCUT2D eigenvalue weighted by Crippen LogP contribution is 2.54. The summed E-state index contributed by atoms with van der Waals surface area (Å²) in [5, 5.41) is 3.03. The van der Waals surface area contributed by atoms with Crippen LogP contribution in [-0.2, 0) is 4.74 Å². The maximum absolute atomic E-state index is 13.3. The van der Waals surface area contributed by atoms with Crippen molar-refractivity contribution in [1.82, 2.24) is 9.97 Å². The Morgan fingerprint density at radius 3 is 2.62 bits per heavy atom. The number of nitrogens with one attached hydrogen (secondary N) is 1. The maximum Gasteiger partial charge on any atom is 0.258 e. The largest absolute Gasteiger partial charge is 0.375 e. The van der Waals surface area contributed by atoms with Crippen LogP contribution in [0.2, 0.25) is 0 Å². The van der Waals surface area contributed by atoms with E-state index in [1.165, 1.54) is 25.7 Å². The number of halogens is 1. The van der Waals surface area contributed by atoms with Crippen molar-refractivity contribution in [2.45, 2.75) is 45.6 Å². The lowest BCUT2D eigenvalue weighted by Crippen LogP contribution is -2.42. The molecule has 8 heteroatoms. The van der Waals surface area contributed by atoms with Crippen LogP contribution in [-0.4, -0.2) is 54.8 Å². The van der Waals surface area contributed by atoms with Gasteiger partial charge in [0.1, 0.15) is 5.82 Å². The number of amides is 1. The van der Waals surface area contributed by atoms with Gasteiger partial charge in [-0.05, 0) is 63.1 Å². The number of aromatic nitrogens is 2. The SMILES string of the molecule is Cc1cc(NC(=O)c2ccc(Br)cc2N2CCC3(CC2)CC3)nc(N2CCOC(C)C2)n1. The van der Waals surface area contributed by atoms with Crippen LogP contribution in [0.4, 0.5) is 17.5 Å². The number of carbonyl (C=O) groups excluding carboxylic acids is 1.